The van der Waals surface area contributed by atoms with Gasteiger partial charge in [0.05, 0.1) is 21.4 Å². The van der Waals surface area contributed by atoms with Crippen molar-refractivity contribution in [2.24, 2.45) is 0 Å². The number of aryl methyl sites for hydroxylation is 1. The first-order valence-corrected chi connectivity index (χ1v) is 10.9. The number of halogens is 4. The van der Waals surface area contributed by atoms with E-state index in [0.717, 1.165) is 32.0 Å². The minimum Gasteiger partial charge on any atom is -0.481 e. The molecular weight excluding hydrogens is 544 g/mol. The Balaban J connectivity index is 1.74. The van der Waals surface area contributed by atoms with Crippen molar-refractivity contribution in [3.63, 3.8) is 0 Å². The van der Waals surface area contributed by atoms with Crippen LogP contribution in [-0.4, -0.2) is 29.7 Å². The lowest BCUT2D eigenvalue weighted by Crippen LogP contribution is -2.16. The molecule has 5 nitrogen and oxygen atoms in total. The Hall–Kier alpha value is -2.34. The lowest BCUT2D eigenvalue weighted by atomic mass is 10.1. The highest BCUT2D eigenvalue weighted by atomic mass is 127. The number of alkyl halides is 3. The molecule has 164 valence electrons. The molecule has 0 aliphatic rings. The van der Waals surface area contributed by atoms with Crippen molar-refractivity contribution in [3.8, 4) is 16.3 Å². The quantitative estimate of drug-likeness (QED) is 0.367. The van der Waals surface area contributed by atoms with Crippen molar-refractivity contribution in [2.45, 2.75) is 19.6 Å². The third-order valence-corrected chi connectivity index (χ3v) is 6.47. The van der Waals surface area contributed by atoms with Crippen LogP contribution in [0.3, 0.4) is 0 Å². The van der Waals surface area contributed by atoms with Crippen LogP contribution in [0.15, 0.2) is 42.5 Å². The highest BCUT2D eigenvalue weighted by molar-refractivity contribution is 14.1. The van der Waals surface area contributed by atoms with Crippen LogP contribution in [-0.2, 0) is 17.5 Å². The first-order valence-electron chi connectivity index (χ1n) is 9.04. The molecule has 1 aromatic heterocycles. The molecule has 0 fully saturated rings. The van der Waals surface area contributed by atoms with Crippen LogP contribution >= 0.6 is 33.9 Å². The van der Waals surface area contributed by atoms with E-state index in [1.165, 1.54) is 23.5 Å². The maximum absolute atomic E-state index is 12.8. The molecule has 0 radical (unpaired) electrons. The zero-order valence-corrected chi connectivity index (χ0v) is 19.5. The summed E-state index contributed by atoms with van der Waals surface area (Å²) in [6.07, 6.45) is -4.36. The van der Waals surface area contributed by atoms with Gasteiger partial charge in [0.25, 0.3) is 0 Å². The summed E-state index contributed by atoms with van der Waals surface area (Å²) in [5.41, 5.74) is 1.69. The number of rotatable bonds is 7. The smallest absolute Gasteiger partial charge is 0.416 e. The predicted molar refractivity (Wildman–Crippen MR) is 122 cm³/mol. The summed E-state index contributed by atoms with van der Waals surface area (Å²) in [6, 6.07) is 10.5. The maximum atomic E-state index is 12.8. The van der Waals surface area contributed by atoms with Crippen molar-refractivity contribution in [3.05, 3.63) is 62.2 Å². The zero-order chi connectivity index (χ0) is 22.8. The number of benzene rings is 2. The molecule has 0 spiro atoms. The van der Waals surface area contributed by atoms with Gasteiger partial charge in [-0.15, -0.1) is 11.3 Å². The van der Waals surface area contributed by atoms with E-state index < -0.39 is 24.3 Å². The molecule has 0 aliphatic heterocycles. The monoisotopic (exact) mass is 562 g/mol. The summed E-state index contributed by atoms with van der Waals surface area (Å²) in [7, 11) is 1.92. The molecule has 2 aromatic carbocycles. The van der Waals surface area contributed by atoms with Crippen LogP contribution < -0.4 is 9.64 Å². The Morgan fingerprint density at radius 2 is 1.90 bits per heavy atom. The van der Waals surface area contributed by atoms with E-state index in [4.69, 9.17) is 9.84 Å². The highest BCUT2D eigenvalue weighted by Gasteiger charge is 2.30. The third-order valence-electron chi connectivity index (χ3n) is 4.44. The van der Waals surface area contributed by atoms with Gasteiger partial charge in [-0.1, -0.05) is 12.1 Å². The summed E-state index contributed by atoms with van der Waals surface area (Å²) in [4.78, 5) is 18.2. The molecule has 0 atom stereocenters. The number of carbonyl (C=O) groups is 1. The highest BCUT2D eigenvalue weighted by Crippen LogP contribution is 2.34. The van der Waals surface area contributed by atoms with Crippen molar-refractivity contribution >= 4 is 45.6 Å². The van der Waals surface area contributed by atoms with Gasteiger partial charge in [0.2, 0.25) is 0 Å². The Morgan fingerprint density at radius 3 is 2.48 bits per heavy atom. The molecule has 0 bridgehead atoms. The minimum atomic E-state index is -4.36. The van der Waals surface area contributed by atoms with Gasteiger partial charge in [0.1, 0.15) is 10.8 Å². The maximum Gasteiger partial charge on any atom is 0.416 e. The molecule has 1 N–H and O–H groups in total. The minimum absolute atomic E-state index is 0.405. The molecule has 0 saturated carbocycles. The lowest BCUT2D eigenvalue weighted by molar-refractivity contribution is -0.139. The van der Waals surface area contributed by atoms with E-state index in [9.17, 15) is 18.0 Å². The number of anilines is 1. The van der Waals surface area contributed by atoms with Gasteiger partial charge in [-0.25, -0.2) is 9.78 Å². The van der Waals surface area contributed by atoms with Gasteiger partial charge >= 0.3 is 12.1 Å². The number of thiazole rings is 1. The fourth-order valence-electron chi connectivity index (χ4n) is 2.79. The second-order valence-electron chi connectivity index (χ2n) is 6.76. The van der Waals surface area contributed by atoms with E-state index in [1.54, 1.807) is 6.07 Å². The predicted octanol–water partition coefficient (Wildman–Crippen LogP) is 5.84. The second-order valence-corrected chi connectivity index (χ2v) is 9.00. The second kappa shape index (κ2) is 9.43. The number of nitrogens with zero attached hydrogens (tertiary/aromatic N) is 2. The van der Waals surface area contributed by atoms with E-state index in [0.29, 0.717) is 22.9 Å². The zero-order valence-electron chi connectivity index (χ0n) is 16.5. The normalized spacial score (nSPS) is 11.4. The SMILES string of the molecule is Cc1nc(-c2ccc(C(F)(F)F)cc2)sc1CN(C)c1ccc(OCC(=O)O)c(I)c1. The largest absolute Gasteiger partial charge is 0.481 e. The topological polar surface area (TPSA) is 62.7 Å². The summed E-state index contributed by atoms with van der Waals surface area (Å²) in [5.74, 6) is -0.541. The van der Waals surface area contributed by atoms with Gasteiger partial charge in [-0.2, -0.15) is 13.2 Å². The average Bonchev–Trinajstić information content (AvgIpc) is 3.06. The average molecular weight is 562 g/mol. The molecule has 0 aliphatic carbocycles. The number of carboxylic acid groups (broad SMARTS) is 1. The van der Waals surface area contributed by atoms with Gasteiger partial charge in [-0.05, 0) is 59.8 Å². The van der Waals surface area contributed by atoms with Crippen molar-refractivity contribution in [1.29, 1.82) is 0 Å². The Morgan fingerprint density at radius 1 is 1.23 bits per heavy atom. The first-order chi connectivity index (χ1) is 14.5. The standard InChI is InChI=1S/C21H18F3IN2O3S/c1-12-18(31-20(26-12)13-3-5-14(6-4-13)21(22,23)24)10-27(2)15-7-8-17(16(25)9-15)30-11-19(28)29/h3-9H,10-11H2,1-2H3,(H,28,29). The lowest BCUT2D eigenvalue weighted by Gasteiger charge is -2.20. The molecular formula is C21H18F3IN2O3S. The molecule has 3 aromatic rings. The number of aliphatic carboxylic acids is 1. The van der Waals surface area contributed by atoms with Gasteiger partial charge in [-0.3, -0.25) is 0 Å². The Kier molecular flexibility index (Phi) is 7.10. The van der Waals surface area contributed by atoms with Crippen molar-refractivity contribution in [1.82, 2.24) is 4.98 Å². The van der Waals surface area contributed by atoms with Crippen LogP contribution in [0.2, 0.25) is 0 Å². The van der Waals surface area contributed by atoms with Crippen LogP contribution in [0.5, 0.6) is 5.75 Å². The summed E-state index contributed by atoms with van der Waals surface area (Å²) in [5, 5.41) is 9.41. The number of carboxylic acids is 1. The fraction of sp³-hybridized carbons (Fsp3) is 0.238. The van der Waals surface area contributed by atoms with Crippen molar-refractivity contribution in [2.75, 3.05) is 18.6 Å². The molecule has 1 heterocycles. The first kappa shape index (κ1) is 23.3. The molecule has 3 rings (SSSR count). The van der Waals surface area contributed by atoms with E-state index in [2.05, 4.69) is 27.6 Å². The molecule has 31 heavy (non-hydrogen) atoms. The van der Waals surface area contributed by atoms with Crippen LogP contribution in [0.1, 0.15) is 16.1 Å². The third kappa shape index (κ3) is 5.88. The van der Waals surface area contributed by atoms with Crippen LogP contribution in [0.25, 0.3) is 10.6 Å². The summed E-state index contributed by atoms with van der Waals surface area (Å²) in [6.45, 7) is 2.04. The van der Waals surface area contributed by atoms with E-state index in [-0.39, 0.29) is 0 Å². The number of ether oxygens (including phenoxy) is 1. The Bertz CT molecular complexity index is 1080. The summed E-state index contributed by atoms with van der Waals surface area (Å²) >= 11 is 3.53. The van der Waals surface area contributed by atoms with Gasteiger partial charge in [0.15, 0.2) is 6.61 Å². The van der Waals surface area contributed by atoms with Gasteiger partial charge < -0.3 is 14.7 Å². The molecule has 0 unspecified atom stereocenters. The van der Waals surface area contributed by atoms with E-state index in [1.807, 2.05) is 31.0 Å². The van der Waals surface area contributed by atoms with Crippen molar-refractivity contribution < 1.29 is 27.8 Å². The number of aromatic nitrogens is 1. The molecule has 10 heteroatoms. The van der Waals surface area contributed by atoms with Crippen LogP contribution in [0.4, 0.5) is 18.9 Å². The fourth-order valence-corrected chi connectivity index (χ4v) is 4.57. The van der Waals surface area contributed by atoms with Crippen LogP contribution in [0, 0.1) is 10.5 Å². The molecule has 0 amide bonds. The number of hydrogen-bond acceptors (Lipinski definition) is 5. The van der Waals surface area contributed by atoms with Gasteiger partial charge in [0, 0.05) is 23.2 Å². The summed E-state index contributed by atoms with van der Waals surface area (Å²) < 4.78 is 44.4. The van der Waals surface area contributed by atoms with E-state index >= 15 is 0 Å². The number of hydrogen-bond donors (Lipinski definition) is 1. The Labute approximate surface area is 194 Å². The molecule has 0 saturated heterocycles.